The Bertz CT molecular complexity index is 1050. The van der Waals surface area contributed by atoms with Crippen LogP contribution in [0.25, 0.3) is 22.2 Å². The molecule has 0 unspecified atom stereocenters. The highest BCUT2D eigenvalue weighted by atomic mass is 15.2. The molecule has 1 fully saturated rings. The zero-order valence-corrected chi connectivity index (χ0v) is 17.1. The van der Waals surface area contributed by atoms with Crippen LogP contribution in [-0.4, -0.2) is 33.6 Å². The van der Waals surface area contributed by atoms with Crippen LogP contribution in [0.2, 0.25) is 0 Å². The van der Waals surface area contributed by atoms with E-state index in [1.165, 1.54) is 37.0 Å². The van der Waals surface area contributed by atoms with Crippen molar-refractivity contribution in [1.82, 2.24) is 14.5 Å². The fraction of sp³-hybridized carbons (Fsp3) is 0.440. The van der Waals surface area contributed by atoms with Crippen molar-refractivity contribution in [2.75, 3.05) is 13.1 Å². The van der Waals surface area contributed by atoms with Crippen molar-refractivity contribution in [3.8, 4) is 17.2 Å². The molecule has 0 amide bonds. The highest BCUT2D eigenvalue weighted by Gasteiger charge is 2.26. The van der Waals surface area contributed by atoms with Crippen LogP contribution in [0.3, 0.4) is 0 Å². The molecule has 2 aliphatic rings. The van der Waals surface area contributed by atoms with Crippen molar-refractivity contribution >= 4 is 11.0 Å². The minimum absolute atomic E-state index is 0.695. The van der Waals surface area contributed by atoms with Crippen molar-refractivity contribution in [2.45, 2.75) is 51.6 Å². The zero-order chi connectivity index (χ0) is 19.8. The number of rotatable bonds is 2. The lowest BCUT2D eigenvalue weighted by Gasteiger charge is -2.35. The van der Waals surface area contributed by atoms with Crippen LogP contribution in [0, 0.1) is 17.2 Å². The topological polar surface area (TPSA) is 44.9 Å². The average Bonchev–Trinajstić information content (AvgIpc) is 2.98. The van der Waals surface area contributed by atoms with Gasteiger partial charge in [-0.05, 0) is 67.0 Å². The monoisotopic (exact) mass is 384 g/mol. The first-order valence-corrected chi connectivity index (χ1v) is 10.9. The molecule has 2 aromatic carbocycles. The smallest absolute Gasteiger partial charge is 0.111 e. The summed E-state index contributed by atoms with van der Waals surface area (Å²) in [5.74, 6) is 2.13. The van der Waals surface area contributed by atoms with Crippen molar-refractivity contribution in [1.29, 1.82) is 5.26 Å². The number of hydrogen-bond acceptors (Lipinski definition) is 3. The SMILES string of the molecule is CC1CCC(N2CCc3nc4cc(-c5ccc(C#N)cc5)ccc4n3CC2)CC1. The van der Waals surface area contributed by atoms with Gasteiger partial charge in [0, 0.05) is 32.1 Å². The third kappa shape index (κ3) is 3.56. The van der Waals surface area contributed by atoms with Crippen molar-refractivity contribution in [3.63, 3.8) is 0 Å². The van der Waals surface area contributed by atoms with Gasteiger partial charge in [0.25, 0.3) is 0 Å². The summed E-state index contributed by atoms with van der Waals surface area (Å²) in [5, 5.41) is 9.00. The maximum atomic E-state index is 9.00. The van der Waals surface area contributed by atoms with Gasteiger partial charge in [-0.3, -0.25) is 4.90 Å². The van der Waals surface area contributed by atoms with Crippen molar-refractivity contribution in [3.05, 3.63) is 53.9 Å². The third-order valence-corrected chi connectivity index (χ3v) is 6.91. The summed E-state index contributed by atoms with van der Waals surface area (Å²) >= 11 is 0. The highest BCUT2D eigenvalue weighted by molar-refractivity contribution is 5.82. The number of nitrogens with zero attached hydrogens (tertiary/aromatic N) is 4. The molecule has 1 aliphatic carbocycles. The van der Waals surface area contributed by atoms with Crippen molar-refractivity contribution in [2.24, 2.45) is 5.92 Å². The fourth-order valence-corrected chi connectivity index (χ4v) is 5.09. The van der Waals surface area contributed by atoms with Gasteiger partial charge in [0.15, 0.2) is 0 Å². The molecule has 4 heteroatoms. The molecule has 5 rings (SSSR count). The van der Waals surface area contributed by atoms with Gasteiger partial charge in [-0.25, -0.2) is 4.98 Å². The Balaban J connectivity index is 1.37. The molecule has 29 heavy (non-hydrogen) atoms. The molecule has 0 bridgehead atoms. The minimum Gasteiger partial charge on any atom is -0.327 e. The Morgan fingerprint density at radius 1 is 0.931 bits per heavy atom. The Morgan fingerprint density at radius 3 is 2.45 bits per heavy atom. The van der Waals surface area contributed by atoms with E-state index in [9.17, 15) is 0 Å². The Hall–Kier alpha value is -2.64. The normalized spacial score (nSPS) is 22.8. The third-order valence-electron chi connectivity index (χ3n) is 6.91. The van der Waals surface area contributed by atoms with Crippen LogP contribution in [0.4, 0.5) is 0 Å². The van der Waals surface area contributed by atoms with Crippen LogP contribution in [0.15, 0.2) is 42.5 Å². The molecule has 0 radical (unpaired) electrons. The lowest BCUT2D eigenvalue weighted by Crippen LogP contribution is -2.39. The van der Waals surface area contributed by atoms with Gasteiger partial charge in [-0.1, -0.05) is 25.1 Å². The molecule has 0 N–H and O–H groups in total. The first-order chi connectivity index (χ1) is 14.2. The molecule has 1 aromatic heterocycles. The standard InChI is InChI=1S/C25H28N4/c1-18-2-9-22(10-3-18)28-13-12-25-27-23-16-21(8-11-24(23)29(25)15-14-28)20-6-4-19(17-26)5-7-20/h4-8,11,16,18,22H,2-3,9-10,12-15H2,1H3. The van der Waals surface area contributed by atoms with E-state index in [4.69, 9.17) is 10.2 Å². The fourth-order valence-electron chi connectivity index (χ4n) is 5.09. The Labute approximate surface area is 172 Å². The molecule has 3 aromatic rings. The van der Waals surface area contributed by atoms with E-state index in [2.05, 4.69) is 40.7 Å². The molecule has 1 aliphatic heterocycles. The Morgan fingerprint density at radius 2 is 1.69 bits per heavy atom. The maximum absolute atomic E-state index is 9.00. The summed E-state index contributed by atoms with van der Waals surface area (Å²) < 4.78 is 2.43. The molecule has 0 atom stereocenters. The summed E-state index contributed by atoms with van der Waals surface area (Å²) in [7, 11) is 0. The predicted octanol–water partition coefficient (Wildman–Crippen LogP) is 5.01. The van der Waals surface area contributed by atoms with E-state index in [1.807, 2.05) is 24.3 Å². The summed E-state index contributed by atoms with van der Waals surface area (Å²) in [6.45, 7) is 5.69. The van der Waals surface area contributed by atoms with Gasteiger partial charge < -0.3 is 4.57 Å². The van der Waals surface area contributed by atoms with Gasteiger partial charge in [-0.15, -0.1) is 0 Å². The first-order valence-electron chi connectivity index (χ1n) is 10.9. The molecule has 148 valence electrons. The summed E-state index contributed by atoms with van der Waals surface area (Å²) in [6, 6.07) is 17.3. The van der Waals surface area contributed by atoms with Gasteiger partial charge in [-0.2, -0.15) is 5.26 Å². The quantitative estimate of drug-likeness (QED) is 0.624. The van der Waals surface area contributed by atoms with E-state index in [1.54, 1.807) is 0 Å². The lowest BCUT2D eigenvalue weighted by atomic mass is 9.86. The minimum atomic E-state index is 0.695. The van der Waals surface area contributed by atoms with E-state index in [0.717, 1.165) is 54.7 Å². The second kappa shape index (κ2) is 7.65. The molecule has 0 spiro atoms. The number of benzene rings is 2. The van der Waals surface area contributed by atoms with Crippen LogP contribution in [0.5, 0.6) is 0 Å². The number of fused-ring (bicyclic) bond motifs is 3. The average molecular weight is 385 g/mol. The van der Waals surface area contributed by atoms with E-state index >= 15 is 0 Å². The van der Waals surface area contributed by atoms with Crippen LogP contribution in [0.1, 0.15) is 44.0 Å². The van der Waals surface area contributed by atoms with E-state index in [-0.39, 0.29) is 0 Å². The molecule has 0 saturated heterocycles. The summed E-state index contributed by atoms with van der Waals surface area (Å²) in [6.07, 6.45) is 6.52. The lowest BCUT2D eigenvalue weighted by molar-refractivity contribution is 0.142. The summed E-state index contributed by atoms with van der Waals surface area (Å²) in [5.41, 5.74) is 5.32. The predicted molar refractivity (Wildman–Crippen MR) is 117 cm³/mol. The van der Waals surface area contributed by atoms with Gasteiger partial charge >= 0.3 is 0 Å². The number of hydrogen-bond donors (Lipinski definition) is 0. The largest absolute Gasteiger partial charge is 0.327 e. The van der Waals surface area contributed by atoms with Gasteiger partial charge in [0.1, 0.15) is 5.82 Å². The van der Waals surface area contributed by atoms with Crippen molar-refractivity contribution < 1.29 is 0 Å². The number of imidazole rings is 1. The van der Waals surface area contributed by atoms with Gasteiger partial charge in [0.2, 0.25) is 0 Å². The molecule has 1 saturated carbocycles. The maximum Gasteiger partial charge on any atom is 0.111 e. The molecular formula is C25H28N4. The summed E-state index contributed by atoms with van der Waals surface area (Å²) in [4.78, 5) is 7.73. The number of nitriles is 1. The number of aromatic nitrogens is 2. The van der Waals surface area contributed by atoms with Gasteiger partial charge in [0.05, 0.1) is 22.7 Å². The van der Waals surface area contributed by atoms with E-state index in [0.29, 0.717) is 5.56 Å². The van der Waals surface area contributed by atoms with Crippen LogP contribution < -0.4 is 0 Å². The highest BCUT2D eigenvalue weighted by Crippen LogP contribution is 2.30. The molecule has 4 nitrogen and oxygen atoms in total. The molecule has 2 heterocycles. The second-order valence-electron chi connectivity index (χ2n) is 8.77. The first kappa shape index (κ1) is 18.4. The second-order valence-corrected chi connectivity index (χ2v) is 8.77. The molecular weight excluding hydrogens is 356 g/mol. The van der Waals surface area contributed by atoms with Crippen LogP contribution in [-0.2, 0) is 13.0 Å². The zero-order valence-electron chi connectivity index (χ0n) is 17.1. The Kier molecular flexibility index (Phi) is 4.85. The van der Waals surface area contributed by atoms with E-state index < -0.39 is 0 Å². The van der Waals surface area contributed by atoms with Crippen LogP contribution >= 0.6 is 0 Å².